The van der Waals surface area contributed by atoms with Crippen molar-refractivity contribution in [3.63, 3.8) is 0 Å². The smallest absolute Gasteiger partial charge is 0.338 e. The third-order valence-electron chi connectivity index (χ3n) is 3.82. The third kappa shape index (κ3) is 4.68. The highest BCUT2D eigenvalue weighted by molar-refractivity contribution is 5.92. The van der Waals surface area contributed by atoms with E-state index in [0.717, 1.165) is 0 Å². The average molecular weight is 370 g/mol. The number of benzene rings is 1. The largest absolute Gasteiger partial charge is 0.462 e. The molecule has 0 bridgehead atoms. The fourth-order valence-electron chi connectivity index (χ4n) is 2.42. The van der Waals surface area contributed by atoms with Gasteiger partial charge in [-0.25, -0.2) is 9.59 Å². The van der Waals surface area contributed by atoms with E-state index in [4.69, 9.17) is 14.6 Å². The second-order valence-electron chi connectivity index (χ2n) is 5.65. The van der Waals surface area contributed by atoms with Crippen LogP contribution in [0.4, 0.5) is 10.5 Å². The number of carbonyl (C=O) groups excluding carboxylic acids is 2. The Morgan fingerprint density at radius 2 is 1.77 bits per heavy atom. The summed E-state index contributed by atoms with van der Waals surface area (Å²) in [5.41, 5.74) is 0.687. The summed E-state index contributed by atoms with van der Waals surface area (Å²) in [4.78, 5) is 23.6. The summed E-state index contributed by atoms with van der Waals surface area (Å²) in [6, 6.07) is 5.17. The van der Waals surface area contributed by atoms with Gasteiger partial charge < -0.3 is 40.5 Å². The maximum atomic E-state index is 12.0. The molecule has 144 valence electrons. The van der Waals surface area contributed by atoms with Crippen LogP contribution in [-0.2, 0) is 9.47 Å². The van der Waals surface area contributed by atoms with E-state index in [0.29, 0.717) is 11.3 Å². The van der Waals surface area contributed by atoms with Crippen LogP contribution in [0.5, 0.6) is 0 Å². The Morgan fingerprint density at radius 3 is 2.35 bits per heavy atom. The molecule has 1 saturated heterocycles. The number of rotatable bonds is 5. The van der Waals surface area contributed by atoms with Gasteiger partial charge in [0.1, 0.15) is 24.4 Å². The van der Waals surface area contributed by atoms with Gasteiger partial charge in [0, 0.05) is 5.69 Å². The molecule has 1 aliphatic rings. The molecule has 0 aliphatic carbocycles. The lowest BCUT2D eigenvalue weighted by Gasteiger charge is -2.40. The maximum absolute atomic E-state index is 12.0. The van der Waals surface area contributed by atoms with E-state index in [2.05, 4.69) is 10.6 Å². The topological polar surface area (TPSA) is 158 Å². The Hall–Kier alpha value is -2.24. The molecule has 0 spiro atoms. The number of urea groups is 1. The molecule has 6 N–H and O–H groups in total. The first-order valence-electron chi connectivity index (χ1n) is 8.02. The number of hydrogen-bond acceptors (Lipinski definition) is 8. The fourth-order valence-corrected chi connectivity index (χ4v) is 2.42. The zero-order chi connectivity index (χ0) is 19.3. The molecule has 1 aromatic rings. The van der Waals surface area contributed by atoms with Crippen LogP contribution in [0, 0.1) is 0 Å². The van der Waals surface area contributed by atoms with E-state index in [1.807, 2.05) is 0 Å². The zero-order valence-electron chi connectivity index (χ0n) is 14.0. The zero-order valence-corrected chi connectivity index (χ0v) is 14.0. The van der Waals surface area contributed by atoms with E-state index >= 15 is 0 Å². The molecule has 10 heteroatoms. The third-order valence-corrected chi connectivity index (χ3v) is 3.82. The summed E-state index contributed by atoms with van der Waals surface area (Å²) >= 11 is 0. The van der Waals surface area contributed by atoms with E-state index in [1.54, 1.807) is 6.92 Å². The number of anilines is 1. The lowest BCUT2D eigenvalue weighted by molar-refractivity contribution is -0.233. The number of ether oxygens (including phenoxy) is 2. The van der Waals surface area contributed by atoms with Crippen LogP contribution in [0.15, 0.2) is 24.3 Å². The lowest BCUT2D eigenvalue weighted by Crippen LogP contribution is -2.63. The quantitative estimate of drug-likeness (QED) is 0.352. The van der Waals surface area contributed by atoms with Gasteiger partial charge in [0.2, 0.25) is 0 Å². The number of nitrogens with one attached hydrogen (secondary N) is 2. The van der Waals surface area contributed by atoms with Crippen LogP contribution in [0.2, 0.25) is 0 Å². The minimum atomic E-state index is -1.59. The second kappa shape index (κ2) is 8.92. The van der Waals surface area contributed by atoms with Crippen LogP contribution < -0.4 is 10.6 Å². The Morgan fingerprint density at radius 1 is 1.12 bits per heavy atom. The Bertz CT molecular complexity index is 621. The molecule has 1 aromatic carbocycles. The second-order valence-corrected chi connectivity index (χ2v) is 5.65. The Kier molecular flexibility index (Phi) is 6.89. The Balaban J connectivity index is 1.94. The van der Waals surface area contributed by atoms with Gasteiger partial charge in [-0.15, -0.1) is 0 Å². The highest BCUT2D eigenvalue weighted by atomic mass is 16.6. The monoisotopic (exact) mass is 370 g/mol. The van der Waals surface area contributed by atoms with Gasteiger partial charge in [-0.2, -0.15) is 0 Å². The predicted molar refractivity (Wildman–Crippen MR) is 88.3 cm³/mol. The minimum absolute atomic E-state index is 0.250. The van der Waals surface area contributed by atoms with Crippen molar-refractivity contribution in [2.24, 2.45) is 0 Å². The SMILES string of the molecule is CCOC(=O)c1ccc(NC(=O)N[C@@H]2O[C@H](CO)[C@H](O)[C@H](O)[C@@H]2O)cc1. The van der Waals surface area contributed by atoms with E-state index in [1.165, 1.54) is 24.3 Å². The van der Waals surface area contributed by atoms with E-state index in [-0.39, 0.29) is 6.61 Å². The summed E-state index contributed by atoms with van der Waals surface area (Å²) in [5.74, 6) is -0.482. The normalized spacial score (nSPS) is 28.3. The van der Waals surface area contributed by atoms with Gasteiger partial charge in [-0.1, -0.05) is 0 Å². The molecule has 5 atom stereocenters. The summed E-state index contributed by atoms with van der Waals surface area (Å²) in [7, 11) is 0. The number of hydrogen-bond donors (Lipinski definition) is 6. The lowest BCUT2D eigenvalue weighted by atomic mass is 9.98. The maximum Gasteiger partial charge on any atom is 0.338 e. The van der Waals surface area contributed by atoms with Gasteiger partial charge in [0.25, 0.3) is 0 Å². The predicted octanol–water partition coefficient (Wildman–Crippen LogP) is -1.22. The number of aliphatic hydroxyl groups excluding tert-OH is 4. The minimum Gasteiger partial charge on any atom is -0.462 e. The van der Waals surface area contributed by atoms with Crippen molar-refractivity contribution in [2.75, 3.05) is 18.5 Å². The summed E-state index contributed by atoms with van der Waals surface area (Å²) in [6.07, 6.45) is -7.13. The molecule has 0 radical (unpaired) electrons. The average Bonchev–Trinajstić information content (AvgIpc) is 2.63. The summed E-state index contributed by atoms with van der Waals surface area (Å²) in [5, 5.41) is 43.1. The van der Waals surface area contributed by atoms with Crippen molar-refractivity contribution in [1.82, 2.24) is 5.32 Å². The molecule has 0 aromatic heterocycles. The molecule has 1 heterocycles. The first kappa shape index (κ1) is 20.1. The number of esters is 1. The molecule has 0 unspecified atom stereocenters. The van der Waals surface area contributed by atoms with E-state index < -0.39 is 49.3 Å². The molecule has 10 nitrogen and oxygen atoms in total. The standard InChI is InChI=1S/C16H22N2O8/c1-2-25-15(23)8-3-5-9(6-4-8)17-16(24)18-14-13(22)12(21)11(20)10(7-19)26-14/h3-6,10-14,19-22H,2,7H2,1H3,(H2,17,18,24)/t10-,11+,12+,13+,14-/m1/s1. The Labute approximate surface area is 149 Å². The van der Waals surface area contributed by atoms with Crippen LogP contribution >= 0.6 is 0 Å². The van der Waals surface area contributed by atoms with Crippen molar-refractivity contribution in [3.05, 3.63) is 29.8 Å². The van der Waals surface area contributed by atoms with Gasteiger partial charge in [-0.3, -0.25) is 0 Å². The van der Waals surface area contributed by atoms with Crippen LogP contribution in [0.25, 0.3) is 0 Å². The number of amides is 2. The van der Waals surface area contributed by atoms with Crippen molar-refractivity contribution < 1.29 is 39.5 Å². The first-order valence-corrected chi connectivity index (χ1v) is 8.02. The number of aliphatic hydroxyl groups is 4. The molecule has 1 aliphatic heterocycles. The molecule has 2 amide bonds. The molecular formula is C16H22N2O8. The summed E-state index contributed by atoms with van der Waals surface area (Å²) in [6.45, 7) is 1.34. The van der Waals surface area contributed by atoms with Crippen LogP contribution in [0.3, 0.4) is 0 Å². The summed E-state index contributed by atoms with van der Waals surface area (Å²) < 4.78 is 10.0. The van der Waals surface area contributed by atoms with E-state index in [9.17, 15) is 24.9 Å². The van der Waals surface area contributed by atoms with Crippen molar-refractivity contribution in [1.29, 1.82) is 0 Å². The fraction of sp³-hybridized carbons (Fsp3) is 0.500. The molecule has 1 fully saturated rings. The van der Waals surface area contributed by atoms with Crippen molar-refractivity contribution in [2.45, 2.75) is 37.6 Å². The molecule has 0 saturated carbocycles. The highest BCUT2D eigenvalue weighted by Gasteiger charge is 2.43. The van der Waals surface area contributed by atoms with Gasteiger partial charge in [-0.05, 0) is 31.2 Å². The van der Waals surface area contributed by atoms with Gasteiger partial charge in [0.15, 0.2) is 6.23 Å². The van der Waals surface area contributed by atoms with Crippen molar-refractivity contribution >= 4 is 17.7 Å². The first-order chi connectivity index (χ1) is 12.4. The van der Waals surface area contributed by atoms with Gasteiger partial charge >= 0.3 is 12.0 Å². The van der Waals surface area contributed by atoms with Crippen LogP contribution in [0.1, 0.15) is 17.3 Å². The molecule has 2 rings (SSSR count). The number of carbonyl (C=O) groups is 2. The highest BCUT2D eigenvalue weighted by Crippen LogP contribution is 2.20. The van der Waals surface area contributed by atoms with Crippen molar-refractivity contribution in [3.8, 4) is 0 Å². The molecule has 26 heavy (non-hydrogen) atoms. The molecular weight excluding hydrogens is 348 g/mol. The van der Waals surface area contributed by atoms with Gasteiger partial charge in [0.05, 0.1) is 18.8 Å². The van der Waals surface area contributed by atoms with Crippen LogP contribution in [-0.4, -0.2) is 76.3 Å².